The molecule has 8 nitrogen and oxygen atoms in total. The summed E-state index contributed by atoms with van der Waals surface area (Å²) in [5.41, 5.74) is 11.8. The number of nitrogens with two attached hydrogens (primary N) is 1. The number of hydrogen-bond acceptors (Lipinski definition) is 6. The van der Waals surface area contributed by atoms with Crippen molar-refractivity contribution >= 4 is 11.6 Å². The smallest absolute Gasteiger partial charge is 0.280 e. The first-order valence-electron chi connectivity index (χ1n) is 12.3. The Morgan fingerprint density at radius 2 is 1.78 bits per heavy atom. The Labute approximate surface area is 212 Å². The van der Waals surface area contributed by atoms with Crippen LogP contribution in [0, 0.1) is 5.92 Å². The zero-order valence-electron chi connectivity index (χ0n) is 20.5. The lowest BCUT2D eigenvalue weighted by Gasteiger charge is -2.22. The molecule has 1 fully saturated rings. The normalized spacial score (nSPS) is 14.6. The SMILES string of the molecule is CC(C)C(c1ccc(C(F)F)nc1)n1cc(-c2cc(-c3ccc(C4CC4)nc3)n3nc(N)nc3c2)cn1. The van der Waals surface area contributed by atoms with E-state index in [4.69, 9.17) is 5.73 Å². The Morgan fingerprint density at radius 1 is 0.946 bits per heavy atom. The van der Waals surface area contributed by atoms with Crippen molar-refractivity contribution in [3.05, 3.63) is 78.1 Å². The predicted molar refractivity (Wildman–Crippen MR) is 136 cm³/mol. The van der Waals surface area contributed by atoms with Crippen LogP contribution in [0.5, 0.6) is 0 Å². The van der Waals surface area contributed by atoms with E-state index < -0.39 is 6.43 Å². The van der Waals surface area contributed by atoms with Crippen molar-refractivity contribution in [2.24, 2.45) is 5.92 Å². The summed E-state index contributed by atoms with van der Waals surface area (Å²) >= 11 is 0. The summed E-state index contributed by atoms with van der Waals surface area (Å²) in [6.45, 7) is 4.13. The van der Waals surface area contributed by atoms with Gasteiger partial charge in [-0.2, -0.15) is 10.1 Å². The van der Waals surface area contributed by atoms with E-state index in [9.17, 15) is 8.78 Å². The average Bonchev–Trinajstić information content (AvgIpc) is 3.50. The fourth-order valence-electron chi connectivity index (χ4n) is 4.75. The Hall–Kier alpha value is -4.21. The van der Waals surface area contributed by atoms with Crippen LogP contribution in [0.1, 0.15) is 62.0 Å². The lowest BCUT2D eigenvalue weighted by atomic mass is 9.97. The van der Waals surface area contributed by atoms with Gasteiger partial charge in [0.2, 0.25) is 5.95 Å². The third kappa shape index (κ3) is 4.43. The third-order valence-electron chi connectivity index (χ3n) is 6.76. The minimum absolute atomic E-state index is 0.150. The Bertz CT molecular complexity index is 1550. The van der Waals surface area contributed by atoms with E-state index in [-0.39, 0.29) is 23.6 Å². The molecule has 1 atom stereocenters. The van der Waals surface area contributed by atoms with Crippen LogP contribution in [0.15, 0.2) is 61.2 Å². The molecule has 5 heterocycles. The number of rotatable bonds is 7. The summed E-state index contributed by atoms with van der Waals surface area (Å²) in [5, 5.41) is 9.02. The Morgan fingerprint density at radius 3 is 2.43 bits per heavy atom. The largest absolute Gasteiger partial charge is 0.366 e. The number of pyridine rings is 3. The van der Waals surface area contributed by atoms with Gasteiger partial charge in [0, 0.05) is 41.3 Å². The highest BCUT2D eigenvalue weighted by Gasteiger charge is 2.25. The zero-order chi connectivity index (χ0) is 25.7. The second-order valence-corrected chi connectivity index (χ2v) is 9.83. The molecule has 0 aliphatic heterocycles. The highest BCUT2D eigenvalue weighted by Crippen LogP contribution is 2.39. The molecule has 10 heteroatoms. The van der Waals surface area contributed by atoms with E-state index in [1.54, 1.807) is 16.8 Å². The van der Waals surface area contributed by atoms with Gasteiger partial charge in [0.1, 0.15) is 5.69 Å². The molecule has 2 N–H and O–H groups in total. The summed E-state index contributed by atoms with van der Waals surface area (Å²) in [5.74, 6) is 0.914. The molecule has 0 bridgehead atoms. The van der Waals surface area contributed by atoms with Gasteiger partial charge in [-0.3, -0.25) is 14.6 Å². The number of nitrogen functional groups attached to an aromatic ring is 1. The number of hydrogen-bond donors (Lipinski definition) is 1. The van der Waals surface area contributed by atoms with Gasteiger partial charge in [0.25, 0.3) is 6.43 Å². The van der Waals surface area contributed by atoms with Crippen LogP contribution >= 0.6 is 0 Å². The molecule has 5 aromatic heterocycles. The van der Waals surface area contributed by atoms with Crippen molar-refractivity contribution in [1.82, 2.24) is 34.3 Å². The first kappa shape index (κ1) is 23.2. The van der Waals surface area contributed by atoms with Crippen LogP contribution in [-0.2, 0) is 0 Å². The Kier molecular flexibility index (Phi) is 5.66. The van der Waals surface area contributed by atoms with Crippen molar-refractivity contribution < 1.29 is 8.78 Å². The fourth-order valence-corrected chi connectivity index (χ4v) is 4.75. The summed E-state index contributed by atoms with van der Waals surface area (Å²) in [7, 11) is 0. The predicted octanol–water partition coefficient (Wildman–Crippen LogP) is 5.69. The standard InChI is InChI=1S/C27H26F2N8/c1-15(2)25(18-6-8-22(26(28)29)32-12-18)36-14-20(13-33-36)19-9-23(37-24(10-19)34-27(30)35-37)17-5-7-21(31-11-17)16-3-4-16/h5-16,25-26H,3-4H2,1-2H3,(H2,30,35). The zero-order valence-corrected chi connectivity index (χ0v) is 20.5. The number of anilines is 1. The quantitative estimate of drug-likeness (QED) is 0.308. The van der Waals surface area contributed by atoms with Crippen LogP contribution in [0.4, 0.5) is 14.7 Å². The van der Waals surface area contributed by atoms with Gasteiger partial charge in [0.15, 0.2) is 5.65 Å². The van der Waals surface area contributed by atoms with Gasteiger partial charge in [-0.05, 0) is 60.2 Å². The van der Waals surface area contributed by atoms with Crippen LogP contribution < -0.4 is 5.73 Å². The molecule has 0 radical (unpaired) electrons. The van der Waals surface area contributed by atoms with Gasteiger partial charge in [0.05, 0.1) is 17.9 Å². The molecular formula is C27H26F2N8. The fraction of sp³-hybridized carbons (Fsp3) is 0.296. The van der Waals surface area contributed by atoms with E-state index in [1.165, 1.54) is 25.1 Å². The minimum atomic E-state index is -2.60. The maximum Gasteiger partial charge on any atom is 0.280 e. The van der Waals surface area contributed by atoms with Crippen molar-refractivity contribution in [3.63, 3.8) is 0 Å². The molecule has 0 spiro atoms. The topological polar surface area (TPSA) is 99.8 Å². The van der Waals surface area contributed by atoms with Crippen molar-refractivity contribution in [3.8, 4) is 22.4 Å². The molecular weight excluding hydrogens is 474 g/mol. The summed E-state index contributed by atoms with van der Waals surface area (Å²) < 4.78 is 29.6. The maximum atomic E-state index is 13.0. The van der Waals surface area contributed by atoms with Gasteiger partial charge in [-0.15, -0.1) is 5.10 Å². The minimum Gasteiger partial charge on any atom is -0.366 e. The van der Waals surface area contributed by atoms with Crippen molar-refractivity contribution in [2.75, 3.05) is 5.73 Å². The van der Waals surface area contributed by atoms with E-state index in [0.717, 1.165) is 33.6 Å². The van der Waals surface area contributed by atoms with Crippen LogP contribution in [-0.4, -0.2) is 34.3 Å². The van der Waals surface area contributed by atoms with E-state index in [0.29, 0.717) is 11.6 Å². The molecule has 1 aliphatic rings. The number of fused-ring (bicyclic) bond motifs is 1. The first-order valence-corrected chi connectivity index (χ1v) is 12.3. The third-order valence-corrected chi connectivity index (χ3v) is 6.76. The molecule has 0 saturated heterocycles. The van der Waals surface area contributed by atoms with Crippen molar-refractivity contribution in [2.45, 2.75) is 45.1 Å². The summed E-state index contributed by atoms with van der Waals surface area (Å²) in [4.78, 5) is 13.0. The number of aromatic nitrogens is 7. The first-order chi connectivity index (χ1) is 17.9. The monoisotopic (exact) mass is 500 g/mol. The molecule has 0 amide bonds. The van der Waals surface area contributed by atoms with Gasteiger partial charge in [-0.1, -0.05) is 19.9 Å². The van der Waals surface area contributed by atoms with Gasteiger partial charge in [-0.25, -0.2) is 13.3 Å². The van der Waals surface area contributed by atoms with Crippen LogP contribution in [0.2, 0.25) is 0 Å². The number of nitrogens with zero attached hydrogens (tertiary/aromatic N) is 7. The van der Waals surface area contributed by atoms with E-state index in [2.05, 4.69) is 51.1 Å². The molecule has 188 valence electrons. The summed E-state index contributed by atoms with van der Waals surface area (Å²) in [6.07, 6.45) is 6.92. The molecule has 37 heavy (non-hydrogen) atoms. The molecule has 1 unspecified atom stereocenters. The second-order valence-electron chi connectivity index (χ2n) is 9.83. The lowest BCUT2D eigenvalue weighted by molar-refractivity contribution is 0.146. The van der Waals surface area contributed by atoms with Gasteiger partial charge >= 0.3 is 0 Å². The molecule has 6 rings (SSSR count). The molecule has 0 aromatic carbocycles. The van der Waals surface area contributed by atoms with E-state index in [1.807, 2.05) is 29.2 Å². The van der Waals surface area contributed by atoms with Crippen LogP contribution in [0.3, 0.4) is 0 Å². The summed E-state index contributed by atoms with van der Waals surface area (Å²) in [6, 6.07) is 11.0. The second kappa shape index (κ2) is 9.02. The number of alkyl halides is 2. The Balaban J connectivity index is 1.39. The highest BCUT2D eigenvalue weighted by atomic mass is 19.3. The molecule has 1 saturated carbocycles. The number of halogens is 2. The van der Waals surface area contributed by atoms with E-state index >= 15 is 0 Å². The maximum absolute atomic E-state index is 13.0. The van der Waals surface area contributed by atoms with Gasteiger partial charge < -0.3 is 5.73 Å². The molecule has 5 aromatic rings. The lowest BCUT2D eigenvalue weighted by Crippen LogP contribution is -2.17. The molecule has 1 aliphatic carbocycles. The average molecular weight is 501 g/mol. The van der Waals surface area contributed by atoms with Crippen LogP contribution in [0.25, 0.3) is 28.0 Å². The van der Waals surface area contributed by atoms with Crippen molar-refractivity contribution in [1.29, 1.82) is 0 Å². The highest BCUT2D eigenvalue weighted by molar-refractivity contribution is 5.74.